The number of alkyl halides is 3. The number of rotatable bonds is 4. The van der Waals surface area contributed by atoms with Crippen LogP contribution < -0.4 is 4.72 Å². The minimum absolute atomic E-state index is 0.0219. The van der Waals surface area contributed by atoms with Crippen LogP contribution in [0.15, 0.2) is 52.0 Å². The van der Waals surface area contributed by atoms with Crippen molar-refractivity contribution in [3.05, 3.63) is 70.0 Å². The van der Waals surface area contributed by atoms with Crippen molar-refractivity contribution >= 4 is 31.9 Å². The molecule has 1 aromatic heterocycles. The molecule has 0 spiro atoms. The molecular weight excluding hydrogens is 513 g/mol. The molecule has 31 heavy (non-hydrogen) atoms. The number of halogens is 6. The van der Waals surface area contributed by atoms with Gasteiger partial charge in [-0.3, -0.25) is 4.79 Å². The van der Waals surface area contributed by atoms with Gasteiger partial charge in [0.05, 0.1) is 16.0 Å². The van der Waals surface area contributed by atoms with E-state index in [4.69, 9.17) is 0 Å². The van der Waals surface area contributed by atoms with E-state index < -0.39 is 55.5 Å². The van der Waals surface area contributed by atoms with Gasteiger partial charge in [0.1, 0.15) is 23.2 Å². The second kappa shape index (κ2) is 8.04. The summed E-state index contributed by atoms with van der Waals surface area (Å²) in [6.07, 6.45) is -4.03. The number of amides is 1. The van der Waals surface area contributed by atoms with E-state index in [0.29, 0.717) is 12.1 Å². The number of carbonyl (C=O) groups is 1. The monoisotopic (exact) mass is 523 g/mol. The second-order valence-electron chi connectivity index (χ2n) is 6.23. The molecule has 0 atom stereocenters. The average Bonchev–Trinajstić information content (AvgIpc) is 3.02. The smallest absolute Gasteiger partial charge is 0.333 e. The van der Waals surface area contributed by atoms with E-state index >= 15 is 0 Å². The number of carbonyl (C=O) groups excluding carboxylic acids is 1. The molecule has 0 unspecified atom stereocenters. The Kier molecular flexibility index (Phi) is 5.93. The minimum Gasteiger partial charge on any atom is -0.333 e. The first kappa shape index (κ1) is 22.9. The van der Waals surface area contributed by atoms with Crippen molar-refractivity contribution in [2.24, 2.45) is 7.05 Å². The molecule has 3 rings (SSSR count). The van der Waals surface area contributed by atoms with Crippen molar-refractivity contribution < 1.29 is 35.2 Å². The van der Waals surface area contributed by atoms with Crippen molar-refractivity contribution in [2.45, 2.75) is 11.1 Å². The van der Waals surface area contributed by atoms with Gasteiger partial charge in [-0.15, -0.1) is 0 Å². The van der Waals surface area contributed by atoms with Gasteiger partial charge in [-0.1, -0.05) is 22.0 Å². The lowest BCUT2D eigenvalue weighted by Gasteiger charge is -2.14. The van der Waals surface area contributed by atoms with E-state index in [0.717, 1.165) is 35.0 Å². The van der Waals surface area contributed by atoms with Crippen LogP contribution in [0.3, 0.4) is 0 Å². The number of nitrogens with one attached hydrogen (secondary N) is 1. The van der Waals surface area contributed by atoms with Crippen molar-refractivity contribution in [3.8, 4) is 11.4 Å². The third kappa shape index (κ3) is 4.61. The zero-order valence-electron chi connectivity index (χ0n) is 15.3. The highest BCUT2D eigenvalue weighted by Crippen LogP contribution is 2.36. The molecule has 1 amide bonds. The van der Waals surface area contributed by atoms with Gasteiger partial charge >= 0.3 is 6.18 Å². The van der Waals surface area contributed by atoms with Crippen LogP contribution in [-0.2, 0) is 23.2 Å². The molecule has 0 radical (unpaired) electrons. The summed E-state index contributed by atoms with van der Waals surface area (Å²) in [5.74, 6) is -3.65. The van der Waals surface area contributed by atoms with Crippen molar-refractivity contribution in [1.29, 1.82) is 0 Å². The first-order valence-corrected chi connectivity index (χ1v) is 10.5. The van der Waals surface area contributed by atoms with E-state index in [2.05, 4.69) is 20.9 Å². The van der Waals surface area contributed by atoms with Gasteiger partial charge in [-0.2, -0.15) is 13.2 Å². The number of nitrogens with zero attached hydrogens (tertiary/aromatic N) is 2. The molecular formula is C18H11BrF5N3O3S. The largest absolute Gasteiger partial charge is 0.417 e. The first-order valence-electron chi connectivity index (χ1n) is 8.23. The van der Waals surface area contributed by atoms with Crippen LogP contribution in [0, 0.1) is 11.6 Å². The number of imidazole rings is 1. The normalized spacial score (nSPS) is 12.1. The Bertz CT molecular complexity index is 1270. The van der Waals surface area contributed by atoms with E-state index in [1.807, 2.05) is 0 Å². The minimum atomic E-state index is -5.02. The predicted octanol–water partition coefficient (Wildman–Crippen LogP) is 4.27. The summed E-state index contributed by atoms with van der Waals surface area (Å²) in [4.78, 5) is 15.0. The van der Waals surface area contributed by atoms with Gasteiger partial charge in [0.15, 0.2) is 0 Å². The molecule has 0 aliphatic rings. The van der Waals surface area contributed by atoms with Gasteiger partial charge in [0.2, 0.25) is 0 Å². The maximum atomic E-state index is 14.0. The maximum Gasteiger partial charge on any atom is 0.417 e. The topological polar surface area (TPSA) is 81.1 Å². The summed E-state index contributed by atoms with van der Waals surface area (Å²) < 4.78 is 95.3. The summed E-state index contributed by atoms with van der Waals surface area (Å²) in [5.41, 5.74) is -2.62. The van der Waals surface area contributed by atoms with Crippen LogP contribution in [-0.4, -0.2) is 23.9 Å². The Morgan fingerprint density at radius 2 is 1.74 bits per heavy atom. The fourth-order valence-corrected chi connectivity index (χ4v) is 4.24. The van der Waals surface area contributed by atoms with Gasteiger partial charge < -0.3 is 4.57 Å². The van der Waals surface area contributed by atoms with E-state index in [-0.39, 0.29) is 10.3 Å². The lowest BCUT2D eigenvalue weighted by molar-refractivity contribution is -0.139. The van der Waals surface area contributed by atoms with E-state index in [1.54, 1.807) is 0 Å². The highest BCUT2D eigenvalue weighted by Gasteiger charge is 2.38. The van der Waals surface area contributed by atoms with Crippen LogP contribution >= 0.6 is 15.9 Å². The fourth-order valence-electron chi connectivity index (χ4n) is 2.71. The van der Waals surface area contributed by atoms with Crippen LogP contribution in [0.4, 0.5) is 22.0 Å². The van der Waals surface area contributed by atoms with Crippen LogP contribution in [0.5, 0.6) is 0 Å². The van der Waals surface area contributed by atoms with Crippen molar-refractivity contribution in [1.82, 2.24) is 14.3 Å². The molecule has 2 aromatic carbocycles. The summed E-state index contributed by atoms with van der Waals surface area (Å²) in [7, 11) is -3.66. The first-order chi connectivity index (χ1) is 14.3. The zero-order valence-corrected chi connectivity index (χ0v) is 17.7. The Balaban J connectivity index is 1.98. The Morgan fingerprint density at radius 1 is 1.13 bits per heavy atom. The number of hydrogen-bond acceptors (Lipinski definition) is 4. The zero-order chi connectivity index (χ0) is 23.1. The Morgan fingerprint density at radius 3 is 2.32 bits per heavy atom. The lowest BCUT2D eigenvalue weighted by atomic mass is 10.2. The third-order valence-corrected chi connectivity index (χ3v) is 5.94. The van der Waals surface area contributed by atoms with Gasteiger partial charge in [-0.05, 0) is 30.3 Å². The fraction of sp³-hybridized carbons (Fsp3) is 0.111. The van der Waals surface area contributed by atoms with E-state index in [9.17, 15) is 35.2 Å². The van der Waals surface area contributed by atoms with E-state index in [1.165, 1.54) is 11.8 Å². The molecule has 6 nitrogen and oxygen atoms in total. The highest BCUT2D eigenvalue weighted by atomic mass is 79.9. The SMILES string of the molecule is Cn1cc(C(=O)NS(=O)(=O)c2ccc(Br)cc2C(F)(F)F)nc1-c1c(F)cccc1F. The average molecular weight is 524 g/mol. The molecule has 13 heteroatoms. The summed E-state index contributed by atoms with van der Waals surface area (Å²) in [5, 5.41) is 0. The highest BCUT2D eigenvalue weighted by molar-refractivity contribution is 9.10. The number of benzene rings is 2. The molecule has 164 valence electrons. The molecule has 1 N–H and O–H groups in total. The molecule has 3 aromatic rings. The van der Waals surface area contributed by atoms with Crippen LogP contribution in [0.25, 0.3) is 11.4 Å². The Hall–Kier alpha value is -2.80. The molecule has 0 bridgehead atoms. The summed E-state index contributed by atoms with van der Waals surface area (Å²) in [6, 6.07) is 5.34. The van der Waals surface area contributed by atoms with Crippen molar-refractivity contribution in [2.75, 3.05) is 0 Å². The molecule has 0 fully saturated rings. The third-order valence-electron chi connectivity index (χ3n) is 4.06. The molecule has 0 saturated carbocycles. The van der Waals surface area contributed by atoms with Crippen LogP contribution in [0.1, 0.15) is 16.1 Å². The number of aryl methyl sites for hydroxylation is 1. The number of sulfonamides is 1. The van der Waals surface area contributed by atoms with Crippen LogP contribution in [0.2, 0.25) is 0 Å². The quantitative estimate of drug-likeness (QED) is 0.518. The van der Waals surface area contributed by atoms with Crippen molar-refractivity contribution in [3.63, 3.8) is 0 Å². The maximum absolute atomic E-state index is 14.0. The molecule has 0 aliphatic carbocycles. The lowest BCUT2D eigenvalue weighted by Crippen LogP contribution is -2.32. The van der Waals surface area contributed by atoms with Gasteiger partial charge in [-0.25, -0.2) is 26.9 Å². The van der Waals surface area contributed by atoms with Gasteiger partial charge in [0, 0.05) is 17.7 Å². The Labute approximate surface area is 180 Å². The predicted molar refractivity (Wildman–Crippen MR) is 102 cm³/mol. The van der Waals surface area contributed by atoms with Gasteiger partial charge in [0.25, 0.3) is 15.9 Å². The second-order valence-corrected chi connectivity index (χ2v) is 8.80. The summed E-state index contributed by atoms with van der Waals surface area (Å²) >= 11 is 2.83. The molecule has 1 heterocycles. The molecule has 0 aliphatic heterocycles. The number of hydrogen-bond donors (Lipinski definition) is 1. The summed E-state index contributed by atoms with van der Waals surface area (Å²) in [6.45, 7) is 0. The standard InChI is InChI=1S/C18H11BrF5N3O3S/c1-27-8-13(25-16(27)15-11(20)3-2-4-12(15)21)17(28)26-31(29,30)14-6-5-9(19)7-10(14)18(22,23)24/h2-8H,1H3,(H,26,28). The molecule has 0 saturated heterocycles. The number of aromatic nitrogens is 2.